The first kappa shape index (κ1) is 9.27. The Hall–Kier alpha value is -1.29. The Balaban J connectivity index is 2.59. The van der Waals surface area contributed by atoms with E-state index in [4.69, 9.17) is 4.74 Å². The Morgan fingerprint density at radius 2 is 2.36 bits per heavy atom. The number of aliphatic hydroxyl groups excluding tert-OH is 1. The maximum absolute atomic E-state index is 11.6. The van der Waals surface area contributed by atoms with Crippen LogP contribution in [0.15, 0.2) is 10.9 Å². The minimum Gasteiger partial charge on any atom is -0.465 e. The molecule has 0 aromatic carbocycles. The summed E-state index contributed by atoms with van der Waals surface area (Å²) in [5.74, 6) is 0.551. The predicted octanol–water partition coefficient (Wildman–Crippen LogP) is 0.888. The predicted molar refractivity (Wildman–Crippen MR) is 51.5 cm³/mol. The van der Waals surface area contributed by atoms with Crippen molar-refractivity contribution in [2.24, 2.45) is 0 Å². The van der Waals surface area contributed by atoms with E-state index >= 15 is 0 Å². The molecular formula is C10H13NO3. The van der Waals surface area contributed by atoms with Gasteiger partial charge in [-0.05, 0) is 18.9 Å². The fourth-order valence-electron chi connectivity index (χ4n) is 1.85. The number of ether oxygens (including phenoxy) is 1. The number of aromatic nitrogens is 1. The van der Waals surface area contributed by atoms with Crippen LogP contribution in [0.5, 0.6) is 5.75 Å². The van der Waals surface area contributed by atoms with Crippen molar-refractivity contribution >= 4 is 0 Å². The van der Waals surface area contributed by atoms with Crippen molar-refractivity contribution in [3.63, 3.8) is 0 Å². The molecule has 0 amide bonds. The van der Waals surface area contributed by atoms with Crippen molar-refractivity contribution < 1.29 is 9.84 Å². The monoisotopic (exact) mass is 195 g/mol. The summed E-state index contributed by atoms with van der Waals surface area (Å²) in [4.78, 5) is 14.3. The summed E-state index contributed by atoms with van der Waals surface area (Å²) in [6, 6.07) is 1.75. The van der Waals surface area contributed by atoms with Gasteiger partial charge in [0.05, 0.1) is 5.56 Å². The number of fused-ring (bicyclic) bond motifs is 1. The maximum atomic E-state index is 11.6. The maximum Gasteiger partial charge on any atom is 0.255 e. The number of aliphatic hydroxyl groups is 1. The van der Waals surface area contributed by atoms with Crippen LogP contribution in [0, 0.1) is 6.92 Å². The lowest BCUT2D eigenvalue weighted by Crippen LogP contribution is -2.29. The number of nitrogens with one attached hydrogen (secondary N) is 1. The molecule has 2 N–H and O–H groups in total. The molecular weight excluding hydrogens is 182 g/mol. The third-order valence-corrected chi connectivity index (χ3v) is 2.48. The van der Waals surface area contributed by atoms with Gasteiger partial charge in [0.2, 0.25) is 0 Å². The Morgan fingerprint density at radius 1 is 1.64 bits per heavy atom. The quantitative estimate of drug-likeness (QED) is 0.646. The summed E-state index contributed by atoms with van der Waals surface area (Å²) in [7, 11) is 0. The molecule has 4 nitrogen and oxygen atoms in total. The van der Waals surface area contributed by atoms with Crippen molar-refractivity contribution in [1.82, 2.24) is 4.98 Å². The number of rotatable bonds is 0. The van der Waals surface area contributed by atoms with E-state index in [1.807, 2.05) is 6.92 Å². The number of pyridine rings is 1. The molecule has 2 heterocycles. The highest BCUT2D eigenvalue weighted by atomic mass is 16.6. The van der Waals surface area contributed by atoms with Crippen molar-refractivity contribution in [1.29, 1.82) is 0 Å². The molecule has 0 fully saturated rings. The zero-order valence-electron chi connectivity index (χ0n) is 8.20. The average molecular weight is 195 g/mol. The van der Waals surface area contributed by atoms with E-state index in [0.29, 0.717) is 17.7 Å². The highest BCUT2D eigenvalue weighted by molar-refractivity contribution is 5.37. The lowest BCUT2D eigenvalue weighted by molar-refractivity contribution is -0.0379. The van der Waals surface area contributed by atoms with Gasteiger partial charge in [-0.2, -0.15) is 0 Å². The van der Waals surface area contributed by atoms with Crippen LogP contribution in [-0.4, -0.2) is 16.4 Å². The van der Waals surface area contributed by atoms with Crippen LogP contribution in [0.4, 0.5) is 0 Å². The van der Waals surface area contributed by atoms with Crippen LogP contribution >= 0.6 is 0 Å². The van der Waals surface area contributed by atoms with Gasteiger partial charge in [0.15, 0.2) is 6.29 Å². The first-order valence-corrected chi connectivity index (χ1v) is 4.66. The van der Waals surface area contributed by atoms with E-state index in [1.54, 1.807) is 13.0 Å². The van der Waals surface area contributed by atoms with Gasteiger partial charge in [0.1, 0.15) is 5.75 Å². The van der Waals surface area contributed by atoms with Gasteiger partial charge in [-0.3, -0.25) is 4.79 Å². The SMILES string of the molecule is Cc1cc2c(c(=O)[nH]1)C(C)CC(O)O2. The second kappa shape index (κ2) is 3.13. The molecule has 1 aliphatic heterocycles. The van der Waals surface area contributed by atoms with Crippen molar-refractivity contribution in [3.8, 4) is 5.75 Å². The molecule has 76 valence electrons. The molecule has 1 aliphatic rings. The highest BCUT2D eigenvalue weighted by Crippen LogP contribution is 2.32. The molecule has 0 saturated heterocycles. The molecule has 1 aromatic heterocycles. The van der Waals surface area contributed by atoms with E-state index in [2.05, 4.69) is 4.98 Å². The number of hydrogen-bond donors (Lipinski definition) is 2. The Bertz CT molecular complexity index is 410. The molecule has 14 heavy (non-hydrogen) atoms. The lowest BCUT2D eigenvalue weighted by Gasteiger charge is -2.26. The fraction of sp³-hybridized carbons (Fsp3) is 0.500. The third-order valence-electron chi connectivity index (χ3n) is 2.48. The van der Waals surface area contributed by atoms with Crippen molar-refractivity contribution in [2.45, 2.75) is 32.5 Å². The smallest absolute Gasteiger partial charge is 0.255 e. The van der Waals surface area contributed by atoms with E-state index in [1.165, 1.54) is 0 Å². The van der Waals surface area contributed by atoms with Gasteiger partial charge in [0.25, 0.3) is 5.56 Å². The first-order valence-electron chi connectivity index (χ1n) is 4.66. The third kappa shape index (κ3) is 1.42. The van der Waals surface area contributed by atoms with E-state index in [0.717, 1.165) is 5.69 Å². The van der Waals surface area contributed by atoms with Crippen LogP contribution in [0.3, 0.4) is 0 Å². The minimum absolute atomic E-state index is 0.0399. The van der Waals surface area contributed by atoms with Crippen molar-refractivity contribution in [2.75, 3.05) is 0 Å². The molecule has 4 heteroatoms. The topological polar surface area (TPSA) is 62.3 Å². The van der Waals surface area contributed by atoms with Gasteiger partial charge in [-0.25, -0.2) is 0 Å². The normalized spacial score (nSPS) is 25.4. The van der Waals surface area contributed by atoms with Gasteiger partial charge < -0.3 is 14.8 Å². The molecule has 2 atom stereocenters. The second-order valence-corrected chi connectivity index (χ2v) is 3.77. The number of H-pyrrole nitrogens is 1. The molecule has 0 radical (unpaired) electrons. The average Bonchev–Trinajstić information content (AvgIpc) is 1.99. The van der Waals surface area contributed by atoms with Crippen molar-refractivity contribution in [3.05, 3.63) is 27.7 Å². The minimum atomic E-state index is -0.793. The standard InChI is InChI=1S/C10H13NO3/c1-5-3-8(12)14-7-4-6(2)11-10(13)9(5)7/h4-5,8,12H,3H2,1-2H3,(H,11,13). The summed E-state index contributed by atoms with van der Waals surface area (Å²) in [6.07, 6.45) is -0.322. The summed E-state index contributed by atoms with van der Waals surface area (Å²) < 4.78 is 5.20. The van der Waals surface area contributed by atoms with Gasteiger partial charge in [0, 0.05) is 12.1 Å². The summed E-state index contributed by atoms with van der Waals surface area (Å²) in [5, 5.41) is 9.37. The molecule has 0 aliphatic carbocycles. The van der Waals surface area contributed by atoms with Crippen LogP contribution in [0.25, 0.3) is 0 Å². The fourth-order valence-corrected chi connectivity index (χ4v) is 1.85. The first-order chi connectivity index (χ1) is 6.58. The number of aromatic amines is 1. The van der Waals surface area contributed by atoms with Gasteiger partial charge >= 0.3 is 0 Å². The van der Waals surface area contributed by atoms with Crippen LogP contribution < -0.4 is 10.3 Å². The second-order valence-electron chi connectivity index (χ2n) is 3.77. The number of hydrogen-bond acceptors (Lipinski definition) is 3. The molecule has 0 spiro atoms. The Labute approximate surface area is 81.5 Å². The zero-order chi connectivity index (χ0) is 10.3. The molecule has 0 bridgehead atoms. The molecule has 0 saturated carbocycles. The van der Waals surface area contributed by atoms with E-state index in [-0.39, 0.29) is 11.5 Å². The largest absolute Gasteiger partial charge is 0.465 e. The summed E-state index contributed by atoms with van der Waals surface area (Å²) in [6.45, 7) is 3.70. The van der Waals surface area contributed by atoms with Crippen LogP contribution in [-0.2, 0) is 0 Å². The van der Waals surface area contributed by atoms with E-state index < -0.39 is 6.29 Å². The number of aryl methyl sites for hydroxylation is 1. The zero-order valence-corrected chi connectivity index (χ0v) is 8.20. The molecule has 1 aromatic rings. The van der Waals surface area contributed by atoms with Crippen LogP contribution in [0.1, 0.15) is 30.5 Å². The molecule has 2 unspecified atom stereocenters. The summed E-state index contributed by atoms with van der Waals surface area (Å²) >= 11 is 0. The van der Waals surface area contributed by atoms with Crippen LogP contribution in [0.2, 0.25) is 0 Å². The lowest BCUT2D eigenvalue weighted by atomic mass is 9.95. The Morgan fingerprint density at radius 3 is 3.07 bits per heavy atom. The van der Waals surface area contributed by atoms with Gasteiger partial charge in [-0.15, -0.1) is 0 Å². The Kier molecular flexibility index (Phi) is 2.07. The highest BCUT2D eigenvalue weighted by Gasteiger charge is 2.26. The van der Waals surface area contributed by atoms with E-state index in [9.17, 15) is 9.90 Å². The summed E-state index contributed by atoms with van der Waals surface area (Å²) in [5.41, 5.74) is 1.27. The molecule has 2 rings (SSSR count). The van der Waals surface area contributed by atoms with Gasteiger partial charge in [-0.1, -0.05) is 6.92 Å².